The molecule has 4 heteroatoms. The molecule has 1 aromatic rings. The second-order valence-corrected chi connectivity index (χ2v) is 6.24. The molecule has 1 aromatic carbocycles. The number of aryl methyl sites for hydroxylation is 1. The van der Waals surface area contributed by atoms with E-state index in [1.165, 1.54) is 5.56 Å². The molecule has 2 N–H and O–H groups in total. The van der Waals surface area contributed by atoms with Crippen LogP contribution in [-0.2, 0) is 11.2 Å². The predicted octanol–water partition coefficient (Wildman–Crippen LogP) is 1.50. The normalized spacial score (nSPS) is 24.9. The van der Waals surface area contributed by atoms with Gasteiger partial charge in [0.2, 0.25) is 5.91 Å². The van der Waals surface area contributed by atoms with Gasteiger partial charge in [-0.3, -0.25) is 9.69 Å². The topological polar surface area (TPSA) is 49.6 Å². The second kappa shape index (κ2) is 7.05. The third-order valence-corrected chi connectivity index (χ3v) is 4.58. The van der Waals surface area contributed by atoms with Crippen LogP contribution in [0.5, 0.6) is 0 Å². The van der Waals surface area contributed by atoms with Gasteiger partial charge in [-0.25, -0.2) is 0 Å². The van der Waals surface area contributed by atoms with Gasteiger partial charge in [-0.1, -0.05) is 30.3 Å². The van der Waals surface area contributed by atoms with Crippen LogP contribution < -0.4 is 5.73 Å². The molecule has 1 fully saturated rings. The Kier molecular flexibility index (Phi) is 5.37. The lowest BCUT2D eigenvalue weighted by Gasteiger charge is -2.43. The first-order valence-corrected chi connectivity index (χ1v) is 7.79. The molecule has 1 aliphatic rings. The lowest BCUT2D eigenvalue weighted by Crippen LogP contribution is -2.59. The van der Waals surface area contributed by atoms with Crippen LogP contribution in [0.25, 0.3) is 0 Å². The molecular weight excluding hydrogens is 262 g/mol. The molecule has 116 valence electrons. The molecule has 1 amide bonds. The summed E-state index contributed by atoms with van der Waals surface area (Å²) in [7, 11) is 2.12. The number of hydrogen-bond donors (Lipinski definition) is 1. The van der Waals surface area contributed by atoms with Gasteiger partial charge in [-0.15, -0.1) is 0 Å². The average Bonchev–Trinajstić information content (AvgIpc) is 2.50. The third kappa shape index (κ3) is 4.05. The van der Waals surface area contributed by atoms with E-state index in [1.807, 2.05) is 23.1 Å². The lowest BCUT2D eigenvalue weighted by molar-refractivity contribution is -0.136. The number of nitrogens with two attached hydrogens (primary N) is 1. The highest BCUT2D eigenvalue weighted by molar-refractivity contribution is 5.81. The Balaban J connectivity index is 1.87. The van der Waals surface area contributed by atoms with E-state index in [0.717, 1.165) is 19.5 Å². The Labute approximate surface area is 127 Å². The number of benzene rings is 1. The first-order chi connectivity index (χ1) is 9.99. The van der Waals surface area contributed by atoms with Crippen molar-refractivity contribution in [1.82, 2.24) is 9.80 Å². The van der Waals surface area contributed by atoms with Gasteiger partial charge in [0.1, 0.15) is 0 Å². The van der Waals surface area contributed by atoms with Crippen molar-refractivity contribution in [2.24, 2.45) is 5.73 Å². The number of carbonyl (C=O) groups is 1. The Hall–Kier alpha value is -1.39. The molecule has 0 aromatic heterocycles. The van der Waals surface area contributed by atoms with Crippen molar-refractivity contribution in [2.75, 3.05) is 20.1 Å². The molecule has 0 aliphatic carbocycles. The van der Waals surface area contributed by atoms with Crippen LogP contribution >= 0.6 is 0 Å². The minimum Gasteiger partial charge on any atom is -0.338 e. The van der Waals surface area contributed by atoms with Crippen LogP contribution in [0.4, 0.5) is 0 Å². The summed E-state index contributed by atoms with van der Waals surface area (Å²) in [6.07, 6.45) is 1.56. The molecule has 4 nitrogen and oxygen atoms in total. The van der Waals surface area contributed by atoms with Gasteiger partial charge in [0, 0.05) is 25.2 Å². The molecule has 1 saturated heterocycles. The Morgan fingerprint density at radius 3 is 2.38 bits per heavy atom. The number of likely N-dealkylation sites (N-methyl/N-ethyl adjacent to an activating group) is 1. The molecule has 1 aliphatic heterocycles. The number of carbonyl (C=O) groups excluding carboxylic acids is 1. The first kappa shape index (κ1) is 16.0. The van der Waals surface area contributed by atoms with Crippen LogP contribution in [0.1, 0.15) is 25.8 Å². The molecular formula is C17H27N3O. The van der Waals surface area contributed by atoms with Crippen molar-refractivity contribution in [3.63, 3.8) is 0 Å². The number of piperazine rings is 1. The zero-order valence-electron chi connectivity index (χ0n) is 13.3. The number of hydrogen-bond acceptors (Lipinski definition) is 3. The van der Waals surface area contributed by atoms with Crippen LogP contribution in [-0.4, -0.2) is 54.0 Å². The third-order valence-electron chi connectivity index (χ3n) is 4.58. The van der Waals surface area contributed by atoms with Crippen LogP contribution in [0.2, 0.25) is 0 Å². The minimum absolute atomic E-state index is 0.0951. The lowest BCUT2D eigenvalue weighted by atomic mass is 10.0. The Morgan fingerprint density at radius 1 is 1.24 bits per heavy atom. The highest BCUT2D eigenvalue weighted by Crippen LogP contribution is 2.15. The number of nitrogens with zero attached hydrogens (tertiary/aromatic N) is 2. The van der Waals surface area contributed by atoms with E-state index >= 15 is 0 Å². The van der Waals surface area contributed by atoms with Crippen molar-refractivity contribution in [3.05, 3.63) is 35.9 Å². The van der Waals surface area contributed by atoms with E-state index in [9.17, 15) is 4.79 Å². The van der Waals surface area contributed by atoms with Crippen molar-refractivity contribution in [3.8, 4) is 0 Å². The SMILES string of the molecule is CC1CN(C(=O)C(N)CCc2ccccc2)CC(C)N1C. The van der Waals surface area contributed by atoms with E-state index in [4.69, 9.17) is 5.73 Å². The summed E-state index contributed by atoms with van der Waals surface area (Å²) in [4.78, 5) is 16.8. The smallest absolute Gasteiger partial charge is 0.239 e. The number of rotatable bonds is 4. The molecule has 3 atom stereocenters. The Bertz CT molecular complexity index is 450. The average molecular weight is 289 g/mol. The predicted molar refractivity (Wildman–Crippen MR) is 86.0 cm³/mol. The summed E-state index contributed by atoms with van der Waals surface area (Å²) in [5.74, 6) is 0.0951. The first-order valence-electron chi connectivity index (χ1n) is 7.79. The maximum absolute atomic E-state index is 12.5. The van der Waals surface area contributed by atoms with E-state index < -0.39 is 6.04 Å². The van der Waals surface area contributed by atoms with Gasteiger partial charge >= 0.3 is 0 Å². The summed E-state index contributed by atoms with van der Waals surface area (Å²) in [6, 6.07) is 10.6. The Morgan fingerprint density at radius 2 is 1.81 bits per heavy atom. The summed E-state index contributed by atoms with van der Waals surface area (Å²) in [6.45, 7) is 5.87. The summed E-state index contributed by atoms with van der Waals surface area (Å²) < 4.78 is 0. The molecule has 21 heavy (non-hydrogen) atoms. The molecule has 0 spiro atoms. The van der Waals surface area contributed by atoms with Crippen molar-refractivity contribution >= 4 is 5.91 Å². The molecule has 0 bridgehead atoms. The zero-order chi connectivity index (χ0) is 15.4. The van der Waals surface area contributed by atoms with E-state index in [0.29, 0.717) is 18.5 Å². The minimum atomic E-state index is -0.395. The van der Waals surface area contributed by atoms with Crippen molar-refractivity contribution in [2.45, 2.75) is 44.8 Å². The molecule has 2 rings (SSSR count). The van der Waals surface area contributed by atoms with Crippen molar-refractivity contribution in [1.29, 1.82) is 0 Å². The maximum atomic E-state index is 12.5. The highest BCUT2D eigenvalue weighted by Gasteiger charge is 2.31. The van der Waals surface area contributed by atoms with E-state index in [1.54, 1.807) is 0 Å². The highest BCUT2D eigenvalue weighted by atomic mass is 16.2. The van der Waals surface area contributed by atoms with Gasteiger partial charge in [0.05, 0.1) is 6.04 Å². The maximum Gasteiger partial charge on any atom is 0.239 e. The standard InChI is InChI=1S/C17H27N3O/c1-13-11-20(12-14(2)19(13)3)17(21)16(18)10-9-15-7-5-4-6-8-15/h4-8,13-14,16H,9-12,18H2,1-3H3. The van der Waals surface area contributed by atoms with Gasteiger partial charge in [-0.2, -0.15) is 0 Å². The fraction of sp³-hybridized carbons (Fsp3) is 0.588. The summed E-state index contributed by atoms with van der Waals surface area (Å²) in [5, 5.41) is 0. The largest absolute Gasteiger partial charge is 0.338 e. The van der Waals surface area contributed by atoms with Crippen LogP contribution in [0.3, 0.4) is 0 Å². The van der Waals surface area contributed by atoms with Crippen molar-refractivity contribution < 1.29 is 4.79 Å². The molecule has 0 radical (unpaired) electrons. The van der Waals surface area contributed by atoms with Crippen LogP contribution in [0, 0.1) is 0 Å². The zero-order valence-corrected chi connectivity index (χ0v) is 13.3. The fourth-order valence-corrected chi connectivity index (χ4v) is 2.91. The van der Waals surface area contributed by atoms with Gasteiger partial charge in [0.25, 0.3) is 0 Å². The second-order valence-electron chi connectivity index (χ2n) is 6.24. The van der Waals surface area contributed by atoms with E-state index in [-0.39, 0.29) is 5.91 Å². The molecule has 1 heterocycles. The van der Waals surface area contributed by atoms with Gasteiger partial charge in [-0.05, 0) is 39.3 Å². The van der Waals surface area contributed by atoms with Gasteiger partial charge in [0.15, 0.2) is 0 Å². The van der Waals surface area contributed by atoms with E-state index in [2.05, 4.69) is 37.9 Å². The van der Waals surface area contributed by atoms with Gasteiger partial charge < -0.3 is 10.6 Å². The number of amides is 1. The quantitative estimate of drug-likeness (QED) is 0.914. The van der Waals surface area contributed by atoms with Crippen LogP contribution in [0.15, 0.2) is 30.3 Å². The fourth-order valence-electron chi connectivity index (χ4n) is 2.91. The molecule has 3 unspecified atom stereocenters. The summed E-state index contributed by atoms with van der Waals surface area (Å²) in [5.41, 5.74) is 7.35. The molecule has 0 saturated carbocycles. The monoisotopic (exact) mass is 289 g/mol. The summed E-state index contributed by atoms with van der Waals surface area (Å²) >= 11 is 0.